The van der Waals surface area contributed by atoms with E-state index in [0.29, 0.717) is 23.5 Å². The van der Waals surface area contributed by atoms with Crippen molar-refractivity contribution in [3.8, 4) is 12.1 Å². The maximum Gasteiger partial charge on any atom is 0.227 e. The van der Waals surface area contributed by atoms with E-state index in [-0.39, 0.29) is 0 Å². The van der Waals surface area contributed by atoms with Crippen molar-refractivity contribution in [1.29, 1.82) is 10.5 Å². The minimum absolute atomic E-state index is 0.510. The molecule has 1 N–H and O–H groups in total. The van der Waals surface area contributed by atoms with Gasteiger partial charge in [-0.3, -0.25) is 0 Å². The normalized spacial score (nSPS) is 10.0. The van der Waals surface area contributed by atoms with Gasteiger partial charge in [0.2, 0.25) is 5.95 Å². The van der Waals surface area contributed by atoms with Gasteiger partial charge in [0.1, 0.15) is 0 Å². The topological polar surface area (TPSA) is 85.4 Å². The summed E-state index contributed by atoms with van der Waals surface area (Å²) in [6.45, 7) is 4.03. The van der Waals surface area contributed by atoms with Gasteiger partial charge in [0, 0.05) is 18.3 Å². The van der Waals surface area contributed by atoms with Crippen LogP contribution in [0.2, 0.25) is 0 Å². The van der Waals surface area contributed by atoms with Crippen molar-refractivity contribution in [2.75, 3.05) is 5.32 Å². The maximum atomic E-state index is 9.08. The van der Waals surface area contributed by atoms with E-state index >= 15 is 0 Å². The summed E-state index contributed by atoms with van der Waals surface area (Å²) in [5, 5.41) is 21.1. The molecule has 0 aliphatic carbocycles. The number of nitrogens with zero attached hydrogens (tertiary/aromatic N) is 4. The third kappa shape index (κ3) is 3.85. The molecule has 0 unspecified atom stereocenters. The molecule has 1 aromatic heterocycles. The Morgan fingerprint density at radius 1 is 0.923 bits per heavy atom. The lowest BCUT2D eigenvalue weighted by Crippen LogP contribution is -2.03. The molecule has 0 saturated heterocycles. The van der Waals surface area contributed by atoms with Gasteiger partial charge in [-0.05, 0) is 73.0 Å². The molecule has 2 aromatic carbocycles. The Bertz CT molecular complexity index is 1000. The molecular weight excluding hydrogens is 322 g/mol. The van der Waals surface area contributed by atoms with Crippen LogP contribution in [-0.4, -0.2) is 9.97 Å². The highest BCUT2D eigenvalue weighted by molar-refractivity contribution is 5.55. The molecule has 26 heavy (non-hydrogen) atoms. The van der Waals surface area contributed by atoms with Crippen LogP contribution in [0.3, 0.4) is 0 Å². The summed E-state index contributed by atoms with van der Waals surface area (Å²) in [7, 11) is 0. The van der Waals surface area contributed by atoms with Gasteiger partial charge in [-0.25, -0.2) is 9.97 Å². The van der Waals surface area contributed by atoms with Crippen LogP contribution in [-0.2, 0) is 6.42 Å². The summed E-state index contributed by atoms with van der Waals surface area (Å²) >= 11 is 0. The minimum Gasteiger partial charge on any atom is -0.324 e. The maximum absolute atomic E-state index is 9.08. The van der Waals surface area contributed by atoms with Crippen molar-refractivity contribution in [3.05, 3.63) is 82.2 Å². The molecule has 3 rings (SSSR count). The van der Waals surface area contributed by atoms with Gasteiger partial charge in [-0.1, -0.05) is 0 Å². The molecule has 0 atom stereocenters. The standard InChI is InChI=1S/C21H17N5/c1-14-9-17(13-23)10-15(2)20(14)11-19-7-8-24-21(26-19)25-18-5-3-16(12-22)4-6-18/h3-10H,11H2,1-2H3,(H,24,25,26). The summed E-state index contributed by atoms with van der Waals surface area (Å²) < 4.78 is 0. The third-order valence-electron chi connectivity index (χ3n) is 4.17. The highest BCUT2D eigenvalue weighted by Crippen LogP contribution is 2.20. The first kappa shape index (κ1) is 17.1. The first-order chi connectivity index (χ1) is 12.6. The number of aryl methyl sites for hydroxylation is 2. The monoisotopic (exact) mass is 339 g/mol. The molecule has 0 spiro atoms. The van der Waals surface area contributed by atoms with Gasteiger partial charge >= 0.3 is 0 Å². The van der Waals surface area contributed by atoms with Gasteiger partial charge in [-0.2, -0.15) is 10.5 Å². The number of anilines is 2. The Morgan fingerprint density at radius 2 is 1.58 bits per heavy atom. The SMILES string of the molecule is Cc1cc(C#N)cc(C)c1Cc1ccnc(Nc2ccc(C#N)cc2)n1. The molecule has 0 bridgehead atoms. The molecule has 0 amide bonds. The highest BCUT2D eigenvalue weighted by atomic mass is 15.1. The zero-order valence-electron chi connectivity index (χ0n) is 14.6. The molecule has 3 aromatic rings. The first-order valence-electron chi connectivity index (χ1n) is 8.18. The summed E-state index contributed by atoms with van der Waals surface area (Å²) in [4.78, 5) is 8.84. The van der Waals surface area contributed by atoms with Crippen molar-refractivity contribution in [1.82, 2.24) is 9.97 Å². The third-order valence-corrected chi connectivity index (χ3v) is 4.17. The van der Waals surface area contributed by atoms with Crippen LogP contribution >= 0.6 is 0 Å². The fourth-order valence-electron chi connectivity index (χ4n) is 2.83. The summed E-state index contributed by atoms with van der Waals surface area (Å²) in [5.74, 6) is 0.510. The zero-order chi connectivity index (χ0) is 18.5. The number of rotatable bonds is 4. The fourth-order valence-corrected chi connectivity index (χ4v) is 2.83. The van der Waals surface area contributed by atoms with Gasteiger partial charge in [0.05, 0.1) is 29.0 Å². The highest BCUT2D eigenvalue weighted by Gasteiger charge is 2.08. The van der Waals surface area contributed by atoms with Crippen molar-refractivity contribution in [2.45, 2.75) is 20.3 Å². The lowest BCUT2D eigenvalue weighted by atomic mass is 9.96. The van der Waals surface area contributed by atoms with E-state index in [1.807, 2.05) is 44.2 Å². The first-order valence-corrected chi connectivity index (χ1v) is 8.18. The predicted molar refractivity (Wildman–Crippen MR) is 99.9 cm³/mol. The fraction of sp³-hybridized carbons (Fsp3) is 0.143. The van der Waals surface area contributed by atoms with E-state index < -0.39 is 0 Å². The molecule has 0 saturated carbocycles. The number of aromatic nitrogens is 2. The van der Waals surface area contributed by atoms with Crippen molar-refractivity contribution in [3.63, 3.8) is 0 Å². The average molecular weight is 339 g/mol. The minimum atomic E-state index is 0.510. The van der Waals surface area contributed by atoms with Gasteiger partial charge in [0.15, 0.2) is 0 Å². The van der Waals surface area contributed by atoms with Gasteiger partial charge in [0.25, 0.3) is 0 Å². The van der Waals surface area contributed by atoms with Crippen molar-refractivity contribution >= 4 is 11.6 Å². The zero-order valence-corrected chi connectivity index (χ0v) is 14.6. The van der Waals surface area contributed by atoms with Crippen molar-refractivity contribution < 1.29 is 0 Å². The molecular formula is C21H17N5. The molecule has 0 fully saturated rings. The number of hydrogen-bond acceptors (Lipinski definition) is 5. The summed E-state index contributed by atoms with van der Waals surface area (Å²) in [5.41, 5.74) is 6.35. The molecule has 1 heterocycles. The average Bonchev–Trinajstić information content (AvgIpc) is 2.65. The predicted octanol–water partition coefficient (Wildman–Crippen LogP) is 4.17. The van der Waals surface area contributed by atoms with Crippen molar-refractivity contribution in [2.24, 2.45) is 0 Å². The van der Waals surface area contributed by atoms with E-state index in [1.54, 1.807) is 18.3 Å². The lowest BCUT2D eigenvalue weighted by molar-refractivity contribution is 1.01. The van der Waals surface area contributed by atoms with E-state index in [0.717, 1.165) is 22.5 Å². The van der Waals surface area contributed by atoms with Crippen LogP contribution < -0.4 is 5.32 Å². The second-order valence-electron chi connectivity index (χ2n) is 6.06. The Morgan fingerprint density at radius 3 is 2.19 bits per heavy atom. The molecule has 5 nitrogen and oxygen atoms in total. The van der Waals surface area contributed by atoms with Crippen LogP contribution in [0.4, 0.5) is 11.6 Å². The summed E-state index contributed by atoms with van der Waals surface area (Å²) in [6, 6.07) is 17.1. The van der Waals surface area contributed by atoms with Gasteiger partial charge in [-0.15, -0.1) is 0 Å². The molecule has 0 aliphatic rings. The summed E-state index contributed by atoms with van der Waals surface area (Å²) in [6.07, 6.45) is 2.40. The second-order valence-corrected chi connectivity index (χ2v) is 6.06. The Balaban J connectivity index is 1.82. The molecule has 0 radical (unpaired) electrons. The molecule has 126 valence electrons. The molecule has 0 aliphatic heterocycles. The number of nitrogens with one attached hydrogen (secondary N) is 1. The Hall–Kier alpha value is -3.70. The smallest absolute Gasteiger partial charge is 0.227 e. The van der Waals surface area contributed by atoms with Crippen LogP contribution in [0.15, 0.2) is 48.7 Å². The number of nitriles is 2. The largest absolute Gasteiger partial charge is 0.324 e. The van der Waals surface area contributed by atoms with Crippen LogP contribution in [0, 0.1) is 36.5 Å². The van der Waals surface area contributed by atoms with Gasteiger partial charge < -0.3 is 5.32 Å². The number of hydrogen-bond donors (Lipinski definition) is 1. The lowest BCUT2D eigenvalue weighted by Gasteiger charge is -2.11. The second kappa shape index (κ2) is 7.46. The van der Waals surface area contributed by atoms with E-state index in [2.05, 4.69) is 27.4 Å². The Kier molecular flexibility index (Phi) is 4.92. The van der Waals surface area contributed by atoms with E-state index in [1.165, 1.54) is 5.56 Å². The van der Waals surface area contributed by atoms with E-state index in [9.17, 15) is 0 Å². The van der Waals surface area contributed by atoms with Crippen LogP contribution in [0.5, 0.6) is 0 Å². The molecule has 5 heteroatoms. The van der Waals surface area contributed by atoms with Crippen LogP contribution in [0.1, 0.15) is 33.5 Å². The Labute approximate surface area is 152 Å². The quantitative estimate of drug-likeness (QED) is 0.771. The van der Waals surface area contributed by atoms with Crippen LogP contribution in [0.25, 0.3) is 0 Å². The van der Waals surface area contributed by atoms with E-state index in [4.69, 9.17) is 10.5 Å². The number of benzene rings is 2.